The summed E-state index contributed by atoms with van der Waals surface area (Å²) in [5.41, 5.74) is 3.22. The van der Waals surface area contributed by atoms with Crippen molar-refractivity contribution in [2.75, 3.05) is 0 Å². The van der Waals surface area contributed by atoms with Crippen LogP contribution in [0.4, 0.5) is 0 Å². The van der Waals surface area contributed by atoms with Crippen LogP contribution in [0, 0.1) is 6.92 Å². The van der Waals surface area contributed by atoms with E-state index >= 15 is 0 Å². The van der Waals surface area contributed by atoms with Crippen molar-refractivity contribution in [3.05, 3.63) is 29.1 Å². The maximum Gasteiger partial charge on any atom is 0.0853 e. The van der Waals surface area contributed by atoms with Gasteiger partial charge < -0.3 is 5.11 Å². The van der Waals surface area contributed by atoms with Crippen LogP contribution in [0.3, 0.4) is 0 Å². The first-order valence-electron chi connectivity index (χ1n) is 4.21. The third-order valence-electron chi connectivity index (χ3n) is 1.99. The van der Waals surface area contributed by atoms with Gasteiger partial charge in [-0.25, -0.2) is 0 Å². The van der Waals surface area contributed by atoms with E-state index in [4.69, 9.17) is 5.11 Å². The van der Waals surface area contributed by atoms with E-state index in [1.807, 2.05) is 12.3 Å². The Hall–Kier alpha value is -0.890. The van der Waals surface area contributed by atoms with Crippen LogP contribution >= 0.6 is 0 Å². The second kappa shape index (κ2) is 3.68. The number of aromatic nitrogens is 1. The topological polar surface area (TPSA) is 33.1 Å². The SMILES string of the molecule is Cc1cc(CO)ncc1C(C)C. The summed E-state index contributed by atoms with van der Waals surface area (Å²) in [4.78, 5) is 4.13. The Labute approximate surface area is 73.3 Å². The summed E-state index contributed by atoms with van der Waals surface area (Å²) in [6.07, 6.45) is 1.85. The Balaban J connectivity index is 3.03. The minimum Gasteiger partial charge on any atom is -0.390 e. The number of hydrogen-bond acceptors (Lipinski definition) is 2. The van der Waals surface area contributed by atoms with Gasteiger partial charge >= 0.3 is 0 Å². The molecule has 0 fully saturated rings. The Kier molecular flexibility index (Phi) is 2.82. The molecule has 0 aliphatic rings. The molecule has 0 atom stereocenters. The summed E-state index contributed by atoms with van der Waals surface area (Å²) in [6.45, 7) is 6.36. The first-order valence-corrected chi connectivity index (χ1v) is 4.21. The highest BCUT2D eigenvalue weighted by molar-refractivity contribution is 5.27. The van der Waals surface area contributed by atoms with E-state index < -0.39 is 0 Å². The van der Waals surface area contributed by atoms with Crippen LogP contribution in [-0.2, 0) is 6.61 Å². The largest absolute Gasteiger partial charge is 0.390 e. The van der Waals surface area contributed by atoms with Crippen molar-refractivity contribution in [2.45, 2.75) is 33.3 Å². The Morgan fingerprint density at radius 1 is 1.50 bits per heavy atom. The molecular weight excluding hydrogens is 150 g/mol. The van der Waals surface area contributed by atoms with E-state index in [0.29, 0.717) is 5.92 Å². The zero-order chi connectivity index (χ0) is 9.14. The third-order valence-corrected chi connectivity index (χ3v) is 1.99. The minimum atomic E-state index is 0.0270. The monoisotopic (exact) mass is 165 g/mol. The molecule has 1 aromatic heterocycles. The molecule has 0 spiro atoms. The van der Waals surface area contributed by atoms with E-state index in [9.17, 15) is 0 Å². The zero-order valence-corrected chi connectivity index (χ0v) is 7.83. The van der Waals surface area contributed by atoms with E-state index in [0.717, 1.165) is 5.69 Å². The third kappa shape index (κ3) is 1.83. The Morgan fingerprint density at radius 3 is 2.58 bits per heavy atom. The van der Waals surface area contributed by atoms with Crippen molar-refractivity contribution in [1.82, 2.24) is 4.98 Å². The molecule has 0 unspecified atom stereocenters. The van der Waals surface area contributed by atoms with Gasteiger partial charge in [-0.05, 0) is 30.0 Å². The molecule has 0 aromatic carbocycles. The van der Waals surface area contributed by atoms with Gasteiger partial charge in [-0.15, -0.1) is 0 Å². The predicted molar refractivity (Wildman–Crippen MR) is 49.0 cm³/mol. The van der Waals surface area contributed by atoms with Gasteiger partial charge in [0.05, 0.1) is 12.3 Å². The summed E-state index contributed by atoms with van der Waals surface area (Å²) in [5, 5.41) is 8.83. The normalized spacial score (nSPS) is 10.8. The van der Waals surface area contributed by atoms with Crippen LogP contribution in [0.5, 0.6) is 0 Å². The van der Waals surface area contributed by atoms with Gasteiger partial charge in [0, 0.05) is 6.20 Å². The number of aliphatic hydroxyl groups is 1. The van der Waals surface area contributed by atoms with E-state index in [1.165, 1.54) is 11.1 Å². The van der Waals surface area contributed by atoms with E-state index in [2.05, 4.69) is 25.8 Å². The van der Waals surface area contributed by atoms with Crippen LogP contribution in [-0.4, -0.2) is 10.1 Å². The zero-order valence-electron chi connectivity index (χ0n) is 7.83. The molecular formula is C10H15NO. The molecule has 0 radical (unpaired) electrons. The fraction of sp³-hybridized carbons (Fsp3) is 0.500. The van der Waals surface area contributed by atoms with Crippen molar-refractivity contribution in [3.8, 4) is 0 Å². The number of aryl methyl sites for hydroxylation is 1. The quantitative estimate of drug-likeness (QED) is 0.727. The molecule has 0 saturated carbocycles. The Morgan fingerprint density at radius 2 is 2.17 bits per heavy atom. The van der Waals surface area contributed by atoms with Crippen LogP contribution in [0.25, 0.3) is 0 Å². The van der Waals surface area contributed by atoms with Gasteiger partial charge in [0.1, 0.15) is 0 Å². The molecule has 1 rings (SSSR count). The fourth-order valence-corrected chi connectivity index (χ4v) is 1.32. The molecule has 0 bridgehead atoms. The van der Waals surface area contributed by atoms with Crippen LogP contribution < -0.4 is 0 Å². The highest BCUT2D eigenvalue weighted by Gasteiger charge is 2.03. The summed E-state index contributed by atoms with van der Waals surface area (Å²) in [5.74, 6) is 0.505. The molecule has 12 heavy (non-hydrogen) atoms. The highest BCUT2D eigenvalue weighted by Crippen LogP contribution is 2.17. The average Bonchev–Trinajstić information content (AvgIpc) is 2.03. The number of nitrogens with zero attached hydrogens (tertiary/aromatic N) is 1. The molecule has 0 saturated heterocycles. The Bertz CT molecular complexity index is 269. The number of pyridine rings is 1. The number of hydrogen-bond donors (Lipinski definition) is 1. The lowest BCUT2D eigenvalue weighted by molar-refractivity contribution is 0.276. The summed E-state index contributed by atoms with van der Waals surface area (Å²) >= 11 is 0. The molecule has 1 N–H and O–H groups in total. The van der Waals surface area contributed by atoms with Gasteiger partial charge in [0.2, 0.25) is 0 Å². The van der Waals surface area contributed by atoms with Crippen molar-refractivity contribution >= 4 is 0 Å². The summed E-state index contributed by atoms with van der Waals surface area (Å²) in [7, 11) is 0. The van der Waals surface area contributed by atoms with Gasteiger partial charge in [-0.3, -0.25) is 4.98 Å². The maximum absolute atomic E-state index is 8.83. The first-order chi connectivity index (χ1) is 5.65. The van der Waals surface area contributed by atoms with E-state index in [-0.39, 0.29) is 6.61 Å². The molecule has 0 aliphatic heterocycles. The van der Waals surface area contributed by atoms with E-state index in [1.54, 1.807) is 0 Å². The van der Waals surface area contributed by atoms with Crippen molar-refractivity contribution in [3.63, 3.8) is 0 Å². The van der Waals surface area contributed by atoms with Crippen molar-refractivity contribution < 1.29 is 5.11 Å². The molecule has 2 heteroatoms. The summed E-state index contributed by atoms with van der Waals surface area (Å²) in [6, 6.07) is 1.94. The second-order valence-electron chi connectivity index (χ2n) is 3.35. The molecule has 1 aromatic rings. The van der Waals surface area contributed by atoms with Gasteiger partial charge in [0.25, 0.3) is 0 Å². The molecule has 2 nitrogen and oxygen atoms in total. The number of rotatable bonds is 2. The van der Waals surface area contributed by atoms with Crippen LogP contribution in [0.2, 0.25) is 0 Å². The van der Waals surface area contributed by atoms with Gasteiger partial charge in [-0.2, -0.15) is 0 Å². The highest BCUT2D eigenvalue weighted by atomic mass is 16.3. The first kappa shape index (κ1) is 9.20. The predicted octanol–water partition coefficient (Wildman–Crippen LogP) is 2.01. The van der Waals surface area contributed by atoms with Crippen LogP contribution in [0.1, 0.15) is 36.6 Å². The molecule has 0 amide bonds. The van der Waals surface area contributed by atoms with Gasteiger partial charge in [-0.1, -0.05) is 13.8 Å². The lowest BCUT2D eigenvalue weighted by Crippen LogP contribution is -1.97. The fourth-order valence-electron chi connectivity index (χ4n) is 1.32. The minimum absolute atomic E-state index is 0.0270. The van der Waals surface area contributed by atoms with Gasteiger partial charge in [0.15, 0.2) is 0 Å². The van der Waals surface area contributed by atoms with Crippen molar-refractivity contribution in [2.24, 2.45) is 0 Å². The lowest BCUT2D eigenvalue weighted by Gasteiger charge is -2.09. The van der Waals surface area contributed by atoms with Crippen molar-refractivity contribution in [1.29, 1.82) is 0 Å². The average molecular weight is 165 g/mol. The molecule has 66 valence electrons. The molecule has 1 heterocycles. The molecule has 0 aliphatic carbocycles. The number of aliphatic hydroxyl groups excluding tert-OH is 1. The maximum atomic E-state index is 8.83. The smallest absolute Gasteiger partial charge is 0.0853 e. The standard InChI is InChI=1S/C10H15NO/c1-7(2)10-5-11-9(6-12)4-8(10)3/h4-5,7,12H,6H2,1-3H3. The summed E-state index contributed by atoms with van der Waals surface area (Å²) < 4.78 is 0. The lowest BCUT2D eigenvalue weighted by atomic mass is 10.0. The second-order valence-corrected chi connectivity index (χ2v) is 3.35. The van der Waals surface area contributed by atoms with Crippen LogP contribution in [0.15, 0.2) is 12.3 Å².